The first-order chi connectivity index (χ1) is 9.31. The lowest BCUT2D eigenvalue weighted by molar-refractivity contribution is -0.150. The van der Waals surface area contributed by atoms with Gasteiger partial charge in [0.1, 0.15) is 5.60 Å². The van der Waals surface area contributed by atoms with Gasteiger partial charge in [-0.25, -0.2) is 0 Å². The van der Waals surface area contributed by atoms with Crippen LogP contribution in [0.2, 0.25) is 0 Å². The molecule has 1 unspecified atom stereocenters. The minimum absolute atomic E-state index is 0.118. The summed E-state index contributed by atoms with van der Waals surface area (Å²) in [5.74, 6) is 0.942. The highest BCUT2D eigenvalue weighted by Crippen LogP contribution is 2.24. The maximum atomic E-state index is 12.2. The molecule has 2 rings (SSSR count). The highest BCUT2D eigenvalue weighted by Gasteiger charge is 2.36. The van der Waals surface area contributed by atoms with E-state index < -0.39 is 5.60 Å². The number of amides is 1. The first kappa shape index (κ1) is 15.0. The molecule has 1 amide bonds. The number of hydrogen-bond donors (Lipinski definition) is 1. The largest absolute Gasteiger partial charge is 0.365 e. The van der Waals surface area contributed by atoms with E-state index in [-0.39, 0.29) is 17.9 Å². The van der Waals surface area contributed by atoms with E-state index in [1.54, 1.807) is 0 Å². The first-order valence-electron chi connectivity index (χ1n) is 7.07. The zero-order valence-corrected chi connectivity index (χ0v) is 12.7. The van der Waals surface area contributed by atoms with Crippen LogP contribution in [-0.2, 0) is 21.5 Å². The van der Waals surface area contributed by atoms with Crippen molar-refractivity contribution >= 4 is 5.91 Å². The molecule has 1 N–H and O–H groups in total. The number of carbonyl (C=O) groups excluding carboxylic acids is 1. The molecule has 6 heteroatoms. The van der Waals surface area contributed by atoms with Crippen LogP contribution in [0.25, 0.3) is 0 Å². The third kappa shape index (κ3) is 3.36. The Balaban J connectivity index is 1.91. The van der Waals surface area contributed by atoms with Gasteiger partial charge in [0.2, 0.25) is 5.89 Å². The summed E-state index contributed by atoms with van der Waals surface area (Å²) in [6.45, 7) is 8.74. The number of rotatable bonds is 3. The zero-order chi connectivity index (χ0) is 14.8. The highest BCUT2D eigenvalue weighted by atomic mass is 16.5. The lowest BCUT2D eigenvalue weighted by Crippen LogP contribution is -2.48. The summed E-state index contributed by atoms with van der Waals surface area (Å²) in [7, 11) is 0. The minimum Gasteiger partial charge on any atom is -0.365 e. The quantitative estimate of drug-likeness (QED) is 0.916. The summed E-state index contributed by atoms with van der Waals surface area (Å²) in [5.41, 5.74) is -0.894. The van der Waals surface area contributed by atoms with Crippen LogP contribution >= 0.6 is 0 Å². The molecule has 1 aliphatic heterocycles. The molecule has 6 nitrogen and oxygen atoms in total. The van der Waals surface area contributed by atoms with Crippen molar-refractivity contribution in [3.63, 3.8) is 0 Å². The molecular formula is C14H23N3O3. The molecule has 1 aromatic rings. The number of nitrogens with one attached hydrogen (secondary N) is 1. The highest BCUT2D eigenvalue weighted by molar-refractivity contribution is 5.84. The van der Waals surface area contributed by atoms with Gasteiger partial charge in [0, 0.05) is 12.0 Å². The second-order valence-electron chi connectivity index (χ2n) is 6.48. The average molecular weight is 281 g/mol. The molecule has 2 heterocycles. The Labute approximate surface area is 119 Å². The number of hydrogen-bond acceptors (Lipinski definition) is 5. The molecule has 1 aromatic heterocycles. The Morgan fingerprint density at radius 2 is 2.15 bits per heavy atom. The van der Waals surface area contributed by atoms with Gasteiger partial charge in [-0.05, 0) is 26.2 Å². The summed E-state index contributed by atoms with van der Waals surface area (Å²) in [6.07, 6.45) is 2.77. The van der Waals surface area contributed by atoms with Gasteiger partial charge >= 0.3 is 0 Å². The Kier molecular flexibility index (Phi) is 4.13. The normalized spacial score (nSPS) is 23.6. The molecule has 1 aliphatic rings. The fourth-order valence-electron chi connectivity index (χ4n) is 2.09. The van der Waals surface area contributed by atoms with E-state index in [1.165, 1.54) is 0 Å². The number of carbonyl (C=O) groups is 1. The molecule has 0 saturated carbocycles. The maximum Gasteiger partial charge on any atom is 0.252 e. The van der Waals surface area contributed by atoms with E-state index in [9.17, 15) is 4.79 Å². The van der Waals surface area contributed by atoms with Crippen LogP contribution in [0, 0.1) is 0 Å². The van der Waals surface area contributed by atoms with Gasteiger partial charge in [-0.2, -0.15) is 4.98 Å². The lowest BCUT2D eigenvalue weighted by Gasteiger charge is -2.32. The number of nitrogens with zero attached hydrogens (tertiary/aromatic N) is 2. The van der Waals surface area contributed by atoms with Crippen molar-refractivity contribution in [1.29, 1.82) is 0 Å². The number of aromatic nitrogens is 2. The molecule has 112 valence electrons. The third-order valence-corrected chi connectivity index (χ3v) is 3.49. The lowest BCUT2D eigenvalue weighted by atomic mass is 9.95. The Morgan fingerprint density at radius 3 is 2.70 bits per heavy atom. The van der Waals surface area contributed by atoms with Gasteiger partial charge in [0.15, 0.2) is 5.82 Å². The molecule has 0 bridgehead atoms. The van der Waals surface area contributed by atoms with E-state index in [0.29, 0.717) is 18.3 Å². The predicted molar refractivity (Wildman–Crippen MR) is 73.1 cm³/mol. The second kappa shape index (κ2) is 5.52. The van der Waals surface area contributed by atoms with Gasteiger partial charge < -0.3 is 14.6 Å². The van der Waals surface area contributed by atoms with E-state index in [0.717, 1.165) is 19.3 Å². The minimum atomic E-state index is -0.731. The third-order valence-electron chi connectivity index (χ3n) is 3.49. The van der Waals surface area contributed by atoms with E-state index in [2.05, 4.69) is 15.5 Å². The van der Waals surface area contributed by atoms with Crippen LogP contribution < -0.4 is 5.32 Å². The molecule has 0 radical (unpaired) electrons. The van der Waals surface area contributed by atoms with Crippen LogP contribution in [0.15, 0.2) is 4.52 Å². The SMILES string of the molecule is CC1(C(=O)NCc2nc(C(C)(C)C)no2)CCCCO1. The van der Waals surface area contributed by atoms with Crippen LogP contribution in [0.3, 0.4) is 0 Å². The molecule has 1 saturated heterocycles. The van der Waals surface area contributed by atoms with Crippen LogP contribution in [0.1, 0.15) is 58.7 Å². The second-order valence-corrected chi connectivity index (χ2v) is 6.48. The number of ether oxygens (including phenoxy) is 1. The molecule has 0 aliphatic carbocycles. The van der Waals surface area contributed by atoms with Crippen molar-refractivity contribution < 1.29 is 14.1 Å². The average Bonchev–Trinajstić information content (AvgIpc) is 2.85. The van der Waals surface area contributed by atoms with Crippen molar-refractivity contribution in [1.82, 2.24) is 15.5 Å². The van der Waals surface area contributed by atoms with Crippen LogP contribution in [0.4, 0.5) is 0 Å². The van der Waals surface area contributed by atoms with Gasteiger partial charge in [-0.3, -0.25) is 4.79 Å². The molecule has 20 heavy (non-hydrogen) atoms. The molecule has 1 atom stereocenters. The first-order valence-corrected chi connectivity index (χ1v) is 7.07. The molecule has 1 fully saturated rings. The molecule has 0 spiro atoms. The maximum absolute atomic E-state index is 12.2. The smallest absolute Gasteiger partial charge is 0.252 e. The van der Waals surface area contributed by atoms with Crippen molar-refractivity contribution in [3.8, 4) is 0 Å². The van der Waals surface area contributed by atoms with E-state index >= 15 is 0 Å². The summed E-state index contributed by atoms with van der Waals surface area (Å²) < 4.78 is 10.7. The van der Waals surface area contributed by atoms with Gasteiger partial charge in [0.25, 0.3) is 5.91 Å². The van der Waals surface area contributed by atoms with Gasteiger partial charge in [-0.15, -0.1) is 0 Å². The van der Waals surface area contributed by atoms with Gasteiger partial charge in [-0.1, -0.05) is 25.9 Å². The van der Waals surface area contributed by atoms with E-state index in [4.69, 9.17) is 9.26 Å². The molecule has 0 aromatic carbocycles. The van der Waals surface area contributed by atoms with Crippen molar-refractivity contribution in [2.45, 2.75) is 64.5 Å². The monoisotopic (exact) mass is 281 g/mol. The Morgan fingerprint density at radius 1 is 1.40 bits per heavy atom. The fraction of sp³-hybridized carbons (Fsp3) is 0.786. The van der Waals surface area contributed by atoms with Crippen LogP contribution in [0.5, 0.6) is 0 Å². The predicted octanol–water partition coefficient (Wildman–Crippen LogP) is 1.94. The summed E-state index contributed by atoms with van der Waals surface area (Å²) >= 11 is 0. The topological polar surface area (TPSA) is 77.3 Å². The van der Waals surface area contributed by atoms with Crippen LogP contribution in [-0.4, -0.2) is 28.3 Å². The van der Waals surface area contributed by atoms with E-state index in [1.807, 2.05) is 27.7 Å². The Hall–Kier alpha value is -1.43. The van der Waals surface area contributed by atoms with Gasteiger partial charge in [0.05, 0.1) is 6.54 Å². The zero-order valence-electron chi connectivity index (χ0n) is 12.7. The standard InChI is InChI=1S/C14H23N3O3/c1-13(2,3)11-16-10(20-17-11)9-15-12(18)14(4)7-5-6-8-19-14/h5-9H2,1-4H3,(H,15,18). The van der Waals surface area contributed by atoms with Crippen molar-refractivity contribution in [2.24, 2.45) is 0 Å². The molecular weight excluding hydrogens is 258 g/mol. The summed E-state index contributed by atoms with van der Waals surface area (Å²) in [6, 6.07) is 0. The summed E-state index contributed by atoms with van der Waals surface area (Å²) in [4.78, 5) is 16.5. The summed E-state index contributed by atoms with van der Waals surface area (Å²) in [5, 5.41) is 6.74. The Bertz CT molecular complexity index is 470. The van der Waals surface area contributed by atoms with Crippen molar-refractivity contribution in [3.05, 3.63) is 11.7 Å². The van der Waals surface area contributed by atoms with Crippen molar-refractivity contribution in [2.75, 3.05) is 6.61 Å². The fourth-order valence-corrected chi connectivity index (χ4v) is 2.09.